The van der Waals surface area contributed by atoms with Gasteiger partial charge in [0.25, 0.3) is 0 Å². The molecule has 2 rings (SSSR count). The highest BCUT2D eigenvalue weighted by atomic mass is 32.1. The quantitative estimate of drug-likeness (QED) is 0.679. The van der Waals surface area contributed by atoms with Crippen LogP contribution in [0.2, 0.25) is 0 Å². The number of hydrogen-bond acceptors (Lipinski definition) is 3. The Labute approximate surface area is 80.8 Å². The van der Waals surface area contributed by atoms with E-state index >= 15 is 0 Å². The van der Waals surface area contributed by atoms with Crippen LogP contribution in [0.15, 0.2) is 35.7 Å². The van der Waals surface area contributed by atoms with Crippen molar-refractivity contribution in [3.8, 4) is 10.4 Å². The van der Waals surface area contributed by atoms with E-state index in [4.69, 9.17) is 11.5 Å². The summed E-state index contributed by atoms with van der Waals surface area (Å²) in [7, 11) is 0. The van der Waals surface area contributed by atoms with Crippen LogP contribution in [0.4, 0.5) is 11.4 Å². The molecule has 66 valence electrons. The van der Waals surface area contributed by atoms with Crippen molar-refractivity contribution in [2.24, 2.45) is 0 Å². The third-order valence-electron chi connectivity index (χ3n) is 1.89. The predicted molar refractivity (Wildman–Crippen MR) is 58.6 cm³/mol. The standard InChI is InChI=1S/C10H10N2S/c11-8-4-3-7(6-9(8)12)10-2-1-5-13-10/h1-6H,11-12H2. The molecule has 0 fully saturated rings. The molecule has 0 aliphatic carbocycles. The van der Waals surface area contributed by atoms with Gasteiger partial charge in [-0.1, -0.05) is 12.1 Å². The van der Waals surface area contributed by atoms with E-state index in [9.17, 15) is 0 Å². The molecular formula is C10H10N2S. The van der Waals surface area contributed by atoms with Gasteiger partial charge in [-0.2, -0.15) is 0 Å². The Balaban J connectivity index is 2.49. The molecule has 0 unspecified atom stereocenters. The van der Waals surface area contributed by atoms with Crippen LogP contribution in [-0.2, 0) is 0 Å². The molecule has 4 N–H and O–H groups in total. The zero-order valence-corrected chi connectivity index (χ0v) is 7.84. The van der Waals surface area contributed by atoms with E-state index in [1.807, 2.05) is 29.6 Å². The van der Waals surface area contributed by atoms with Crippen LogP contribution in [0.1, 0.15) is 0 Å². The lowest BCUT2D eigenvalue weighted by molar-refractivity contribution is 1.66. The molecule has 0 saturated carbocycles. The van der Waals surface area contributed by atoms with Crippen LogP contribution in [0.3, 0.4) is 0 Å². The van der Waals surface area contributed by atoms with Crippen molar-refractivity contribution < 1.29 is 0 Å². The lowest BCUT2D eigenvalue weighted by atomic mass is 10.1. The first kappa shape index (κ1) is 8.13. The Bertz CT molecular complexity index is 407. The van der Waals surface area contributed by atoms with Crippen LogP contribution in [0.5, 0.6) is 0 Å². The van der Waals surface area contributed by atoms with Crippen molar-refractivity contribution in [3.63, 3.8) is 0 Å². The lowest BCUT2D eigenvalue weighted by Crippen LogP contribution is -1.93. The Morgan fingerprint density at radius 2 is 1.85 bits per heavy atom. The minimum atomic E-state index is 0.639. The van der Waals surface area contributed by atoms with E-state index in [1.54, 1.807) is 11.3 Å². The largest absolute Gasteiger partial charge is 0.397 e. The fourth-order valence-corrected chi connectivity index (χ4v) is 1.89. The summed E-state index contributed by atoms with van der Waals surface area (Å²) in [6, 6.07) is 9.81. The lowest BCUT2D eigenvalue weighted by Gasteiger charge is -2.02. The van der Waals surface area contributed by atoms with Crippen molar-refractivity contribution in [1.29, 1.82) is 0 Å². The summed E-state index contributed by atoms with van der Waals surface area (Å²) in [6.07, 6.45) is 0. The van der Waals surface area contributed by atoms with E-state index in [1.165, 1.54) is 4.88 Å². The number of nitrogens with two attached hydrogens (primary N) is 2. The average molecular weight is 190 g/mol. The van der Waals surface area contributed by atoms with E-state index in [2.05, 4.69) is 6.07 Å². The zero-order chi connectivity index (χ0) is 9.26. The molecular weight excluding hydrogens is 180 g/mol. The number of thiophene rings is 1. The minimum Gasteiger partial charge on any atom is -0.397 e. The monoisotopic (exact) mass is 190 g/mol. The topological polar surface area (TPSA) is 52.0 Å². The summed E-state index contributed by atoms with van der Waals surface area (Å²) in [4.78, 5) is 1.21. The second-order valence-corrected chi connectivity index (χ2v) is 3.77. The molecule has 2 aromatic rings. The molecule has 3 heteroatoms. The first-order chi connectivity index (χ1) is 6.27. The van der Waals surface area contributed by atoms with Gasteiger partial charge in [0.2, 0.25) is 0 Å². The van der Waals surface area contributed by atoms with Crippen molar-refractivity contribution in [2.75, 3.05) is 11.5 Å². The Morgan fingerprint density at radius 1 is 1.00 bits per heavy atom. The number of rotatable bonds is 1. The van der Waals surface area contributed by atoms with Gasteiger partial charge < -0.3 is 11.5 Å². The maximum absolute atomic E-state index is 5.71. The first-order valence-electron chi connectivity index (χ1n) is 3.96. The maximum atomic E-state index is 5.71. The highest BCUT2D eigenvalue weighted by molar-refractivity contribution is 7.13. The van der Waals surface area contributed by atoms with E-state index in [-0.39, 0.29) is 0 Å². The summed E-state index contributed by atoms with van der Waals surface area (Å²) in [5.41, 5.74) is 13.7. The molecule has 2 nitrogen and oxygen atoms in total. The van der Waals surface area contributed by atoms with Gasteiger partial charge in [0.1, 0.15) is 0 Å². The number of anilines is 2. The maximum Gasteiger partial charge on any atom is 0.0554 e. The van der Waals surface area contributed by atoms with Gasteiger partial charge in [0.15, 0.2) is 0 Å². The van der Waals surface area contributed by atoms with Crippen molar-refractivity contribution in [1.82, 2.24) is 0 Å². The molecule has 1 heterocycles. The van der Waals surface area contributed by atoms with Crippen LogP contribution < -0.4 is 11.5 Å². The van der Waals surface area contributed by atoms with Gasteiger partial charge in [-0.25, -0.2) is 0 Å². The molecule has 1 aromatic heterocycles. The summed E-state index contributed by atoms with van der Waals surface area (Å²) in [5, 5.41) is 2.04. The molecule has 0 amide bonds. The third-order valence-corrected chi connectivity index (χ3v) is 2.81. The number of benzene rings is 1. The van der Waals surface area contributed by atoms with Crippen LogP contribution in [0, 0.1) is 0 Å². The molecule has 0 aliphatic rings. The number of nitrogen functional groups attached to an aromatic ring is 2. The predicted octanol–water partition coefficient (Wildman–Crippen LogP) is 2.58. The molecule has 0 bridgehead atoms. The van der Waals surface area contributed by atoms with Crippen molar-refractivity contribution in [2.45, 2.75) is 0 Å². The molecule has 0 aliphatic heterocycles. The minimum absolute atomic E-state index is 0.639. The smallest absolute Gasteiger partial charge is 0.0554 e. The highest BCUT2D eigenvalue weighted by Gasteiger charge is 2.00. The zero-order valence-electron chi connectivity index (χ0n) is 7.03. The SMILES string of the molecule is Nc1ccc(-c2cccs2)cc1N. The van der Waals surface area contributed by atoms with Crippen LogP contribution in [-0.4, -0.2) is 0 Å². The van der Waals surface area contributed by atoms with Gasteiger partial charge in [-0.15, -0.1) is 11.3 Å². The second-order valence-electron chi connectivity index (χ2n) is 2.82. The van der Waals surface area contributed by atoms with Crippen molar-refractivity contribution in [3.05, 3.63) is 35.7 Å². The third kappa shape index (κ3) is 1.51. The van der Waals surface area contributed by atoms with Gasteiger partial charge in [-0.05, 0) is 29.1 Å². The Hall–Kier alpha value is -1.48. The van der Waals surface area contributed by atoms with E-state index in [0.717, 1.165) is 5.56 Å². The normalized spacial score (nSPS) is 10.2. The second kappa shape index (κ2) is 3.11. The fourth-order valence-electron chi connectivity index (χ4n) is 1.17. The molecule has 0 atom stereocenters. The Kier molecular flexibility index (Phi) is 1.94. The van der Waals surface area contributed by atoms with Crippen LogP contribution in [0.25, 0.3) is 10.4 Å². The fraction of sp³-hybridized carbons (Fsp3) is 0. The number of hydrogen-bond donors (Lipinski definition) is 2. The molecule has 0 saturated heterocycles. The van der Waals surface area contributed by atoms with Gasteiger partial charge in [0.05, 0.1) is 11.4 Å². The first-order valence-corrected chi connectivity index (χ1v) is 4.84. The summed E-state index contributed by atoms with van der Waals surface area (Å²) in [5.74, 6) is 0. The van der Waals surface area contributed by atoms with Gasteiger partial charge in [0, 0.05) is 4.88 Å². The summed E-state index contributed by atoms with van der Waals surface area (Å²) >= 11 is 1.69. The summed E-state index contributed by atoms with van der Waals surface area (Å²) in [6.45, 7) is 0. The average Bonchev–Trinajstić information content (AvgIpc) is 2.62. The van der Waals surface area contributed by atoms with Crippen LogP contribution >= 0.6 is 11.3 Å². The molecule has 0 spiro atoms. The molecule has 13 heavy (non-hydrogen) atoms. The van der Waals surface area contributed by atoms with E-state index < -0.39 is 0 Å². The highest BCUT2D eigenvalue weighted by Crippen LogP contribution is 2.28. The molecule has 1 aromatic carbocycles. The van der Waals surface area contributed by atoms with E-state index in [0.29, 0.717) is 11.4 Å². The van der Waals surface area contributed by atoms with Gasteiger partial charge in [-0.3, -0.25) is 0 Å². The van der Waals surface area contributed by atoms with Gasteiger partial charge >= 0.3 is 0 Å². The summed E-state index contributed by atoms with van der Waals surface area (Å²) < 4.78 is 0. The Morgan fingerprint density at radius 3 is 2.46 bits per heavy atom. The molecule has 0 radical (unpaired) electrons. The van der Waals surface area contributed by atoms with Crippen molar-refractivity contribution >= 4 is 22.7 Å².